The van der Waals surface area contributed by atoms with Gasteiger partial charge >= 0.3 is 0 Å². The van der Waals surface area contributed by atoms with Crippen molar-refractivity contribution in [2.45, 2.75) is 333 Å². The lowest BCUT2D eigenvalue weighted by atomic mass is 9.77. The third-order valence-electron chi connectivity index (χ3n) is 13.4. The molecule has 0 aromatic carbocycles. The zero-order valence-corrected chi connectivity index (χ0v) is 57.0. The van der Waals surface area contributed by atoms with Crippen LogP contribution < -0.4 is 0 Å². The van der Waals surface area contributed by atoms with Crippen LogP contribution in [-0.2, 0) is 69.7 Å². The molecule has 77 heavy (non-hydrogen) atoms. The molecule has 1 aliphatic rings. The van der Waals surface area contributed by atoms with E-state index in [9.17, 15) is 0 Å². The van der Waals surface area contributed by atoms with E-state index < -0.39 is 0 Å². The van der Waals surface area contributed by atoms with E-state index in [2.05, 4.69) is 266 Å². The molecule has 0 N–H and O–H groups in total. The van der Waals surface area contributed by atoms with Crippen molar-refractivity contribution in [1.82, 2.24) is 34.9 Å². The number of nitrogens with zero attached hydrogens (tertiary/aromatic N) is 7. The molecule has 0 aliphatic carbocycles. The van der Waals surface area contributed by atoms with Crippen LogP contribution >= 0.6 is 0 Å². The summed E-state index contributed by atoms with van der Waals surface area (Å²) < 4.78 is 5.97. The van der Waals surface area contributed by atoms with Crippen molar-refractivity contribution in [3.8, 4) is 0 Å². The van der Waals surface area contributed by atoms with Gasteiger partial charge in [-0.1, -0.05) is 255 Å². The zero-order chi connectivity index (χ0) is 60.7. The monoisotopic (exact) mass is 1060 g/mol. The van der Waals surface area contributed by atoms with E-state index >= 15 is 0 Å². The number of rotatable bonds is 1. The first kappa shape index (κ1) is 69.5. The molecule has 5 heterocycles. The van der Waals surface area contributed by atoms with Gasteiger partial charge in [0.1, 0.15) is 11.9 Å². The fourth-order valence-electron chi connectivity index (χ4n) is 8.80. The summed E-state index contributed by atoms with van der Waals surface area (Å²) >= 11 is 0. The Balaban J connectivity index is 0.000000354. The third kappa shape index (κ3) is 19.8. The SMILES string of the molecule is CC(C)(C)c1ccc(C(C)(C)C)c(C(C)(C)C)n1.CC(C)(C)c1cnc(C(C)(C)C)c(C(C)(C)C)n1.CC(C)(C)c1nc(C(C)(C)C)c(C(C)(C)C)nc1C1CCCO1.CC(C)(C)c1ncc(C(C)(C)C)c(C(C)(C)C)n1. The van der Waals surface area contributed by atoms with Crippen LogP contribution in [0.15, 0.2) is 24.5 Å². The average Bonchev–Trinajstić information content (AvgIpc) is 3.75. The maximum atomic E-state index is 5.97. The number of hydrogen-bond donors (Lipinski definition) is 0. The Morgan fingerprint density at radius 3 is 1.04 bits per heavy atom. The van der Waals surface area contributed by atoms with Gasteiger partial charge in [0.15, 0.2) is 0 Å². The number of ether oxygens (including phenoxy) is 1. The molecule has 1 aliphatic heterocycles. The van der Waals surface area contributed by atoms with Crippen molar-refractivity contribution in [1.29, 1.82) is 0 Å². The molecule has 436 valence electrons. The molecule has 0 bridgehead atoms. The Bertz CT molecular complexity index is 2360. The topological polar surface area (TPSA) is 99.5 Å². The maximum absolute atomic E-state index is 5.97. The van der Waals surface area contributed by atoms with Gasteiger partial charge in [0.25, 0.3) is 0 Å². The first-order valence-electron chi connectivity index (χ1n) is 29.2. The van der Waals surface area contributed by atoms with Crippen molar-refractivity contribution in [3.05, 3.63) is 98.4 Å². The molecule has 1 unspecified atom stereocenters. The molecule has 8 nitrogen and oxygen atoms in total. The standard InChI is InChI=1S/C20H34N2O.C17H29N.2C16H28N2/c1-18(2,3)15-14(13-11-10-12-23-13)21-16(19(4,5)6)17(22-15)20(7,8)9;1-15(2,3)12-10-11-13(16(4,5)6)18-14(12)17(7,8)9;1-14(2,3)11-10-17-12(15(4,5)6)13(18-11)16(7,8)9;1-14(2,3)11-10-17-13(16(7,8)9)18-12(11)15(4,5)6/h13H,10-12H2,1-9H3;10-11H,1-9H3;2*10H,1-9H3. The summed E-state index contributed by atoms with van der Waals surface area (Å²) in [6, 6.07) is 4.46. The van der Waals surface area contributed by atoms with E-state index in [1.54, 1.807) is 0 Å². The van der Waals surface area contributed by atoms with Gasteiger partial charge < -0.3 is 4.74 Å². The minimum absolute atomic E-state index is 0.00356. The first-order valence-corrected chi connectivity index (χ1v) is 29.2. The molecule has 8 heteroatoms. The maximum Gasteiger partial charge on any atom is 0.133 e. The highest BCUT2D eigenvalue weighted by molar-refractivity contribution is 5.37. The second-order valence-corrected chi connectivity index (χ2v) is 34.7. The van der Waals surface area contributed by atoms with Crippen LogP contribution in [0, 0.1) is 0 Å². The van der Waals surface area contributed by atoms with E-state index in [0.29, 0.717) is 0 Å². The molecule has 5 rings (SSSR count). The van der Waals surface area contributed by atoms with Crippen molar-refractivity contribution < 1.29 is 4.74 Å². The Labute approximate surface area is 475 Å². The number of hydrogen-bond acceptors (Lipinski definition) is 8. The summed E-state index contributed by atoms with van der Waals surface area (Å²) in [6.07, 6.45) is 6.23. The van der Waals surface area contributed by atoms with E-state index in [1.807, 2.05) is 12.4 Å². The molecule has 0 saturated carbocycles. The zero-order valence-electron chi connectivity index (χ0n) is 57.0. The first-order chi connectivity index (χ1) is 33.8. The van der Waals surface area contributed by atoms with Crippen LogP contribution in [0.2, 0.25) is 0 Å². The lowest BCUT2D eigenvalue weighted by Gasteiger charge is -2.32. The largest absolute Gasteiger partial charge is 0.372 e. The van der Waals surface area contributed by atoms with Crippen LogP contribution in [-0.4, -0.2) is 41.5 Å². The number of pyridine rings is 1. The second-order valence-electron chi connectivity index (χ2n) is 34.7. The highest BCUT2D eigenvalue weighted by Gasteiger charge is 2.37. The lowest BCUT2D eigenvalue weighted by Crippen LogP contribution is -2.30. The summed E-state index contributed by atoms with van der Waals surface area (Å²) in [7, 11) is 0. The van der Waals surface area contributed by atoms with Gasteiger partial charge in [0.05, 0.1) is 45.6 Å². The minimum atomic E-state index is -0.0370. The fraction of sp³-hybridized carbons (Fsp3) is 0.754. The van der Waals surface area contributed by atoms with Crippen molar-refractivity contribution in [2.75, 3.05) is 6.61 Å². The summed E-state index contributed by atoms with van der Waals surface area (Å²) in [6.45, 7) is 80.6. The molecule has 1 atom stereocenters. The van der Waals surface area contributed by atoms with Crippen LogP contribution in [0.3, 0.4) is 0 Å². The average molecular weight is 1060 g/mol. The van der Waals surface area contributed by atoms with E-state index in [-0.39, 0.29) is 71.1 Å². The molecule has 0 amide bonds. The van der Waals surface area contributed by atoms with Crippen LogP contribution in [0.4, 0.5) is 0 Å². The normalized spacial score (nSPS) is 15.7. The van der Waals surface area contributed by atoms with Crippen LogP contribution in [0.5, 0.6) is 0 Å². The van der Waals surface area contributed by atoms with Crippen LogP contribution in [0.1, 0.15) is 342 Å². The van der Waals surface area contributed by atoms with E-state index in [0.717, 1.165) is 65.1 Å². The smallest absolute Gasteiger partial charge is 0.133 e. The molecule has 1 fully saturated rings. The van der Waals surface area contributed by atoms with Gasteiger partial charge in [0, 0.05) is 84.5 Å². The van der Waals surface area contributed by atoms with Crippen molar-refractivity contribution >= 4 is 0 Å². The Morgan fingerprint density at radius 1 is 0.312 bits per heavy atom. The second kappa shape index (κ2) is 23.4. The van der Waals surface area contributed by atoms with Crippen LogP contribution in [0.25, 0.3) is 0 Å². The molecular formula is C69H119N7O. The quantitative estimate of drug-likeness (QED) is 0.186. The van der Waals surface area contributed by atoms with Gasteiger partial charge in [-0.2, -0.15) is 0 Å². The molecule has 1 saturated heterocycles. The Hall–Kier alpha value is -3.65. The molecule has 0 radical (unpaired) electrons. The summed E-state index contributed by atoms with van der Waals surface area (Å²) in [5.41, 5.74) is 14.4. The van der Waals surface area contributed by atoms with Gasteiger partial charge in [-0.15, -0.1) is 0 Å². The highest BCUT2D eigenvalue weighted by Crippen LogP contribution is 2.41. The number of aromatic nitrogens is 7. The van der Waals surface area contributed by atoms with Crippen molar-refractivity contribution in [2.24, 2.45) is 0 Å². The lowest BCUT2D eigenvalue weighted by molar-refractivity contribution is 0.106. The van der Waals surface area contributed by atoms with E-state index in [4.69, 9.17) is 34.6 Å². The summed E-state index contributed by atoms with van der Waals surface area (Å²) in [5, 5.41) is 0. The molecular weight excluding hydrogens is 943 g/mol. The molecule has 4 aromatic heterocycles. The minimum Gasteiger partial charge on any atom is -0.372 e. The van der Waals surface area contributed by atoms with Crippen molar-refractivity contribution in [3.63, 3.8) is 0 Å². The van der Waals surface area contributed by atoms with Gasteiger partial charge in [-0.05, 0) is 40.9 Å². The van der Waals surface area contributed by atoms with E-state index in [1.165, 1.54) is 28.2 Å². The molecule has 0 spiro atoms. The fourth-order valence-corrected chi connectivity index (χ4v) is 8.80. The predicted molar refractivity (Wildman–Crippen MR) is 333 cm³/mol. The summed E-state index contributed by atoms with van der Waals surface area (Å²) in [5.74, 6) is 0.931. The predicted octanol–water partition coefficient (Wildman–Crippen LogP) is 18.9. The van der Waals surface area contributed by atoms with Gasteiger partial charge in [0.2, 0.25) is 0 Å². The van der Waals surface area contributed by atoms with Gasteiger partial charge in [-0.25, -0.2) is 9.97 Å². The Morgan fingerprint density at radius 2 is 0.688 bits per heavy atom. The summed E-state index contributed by atoms with van der Waals surface area (Å²) in [4.78, 5) is 34.4. The van der Waals surface area contributed by atoms with Gasteiger partial charge in [-0.3, -0.25) is 24.9 Å². The Kier molecular flexibility index (Phi) is 21.1. The highest BCUT2D eigenvalue weighted by atomic mass is 16.5. The third-order valence-corrected chi connectivity index (χ3v) is 13.4. The molecule has 4 aromatic rings.